The minimum Gasteiger partial charge on any atom is -0.316 e. The first-order valence-electron chi connectivity index (χ1n) is 5.48. The van der Waals surface area contributed by atoms with E-state index in [9.17, 15) is 18.8 Å². The van der Waals surface area contributed by atoms with Gasteiger partial charge in [-0.3, -0.25) is 14.6 Å². The van der Waals surface area contributed by atoms with Gasteiger partial charge in [0.15, 0.2) is 0 Å². The van der Waals surface area contributed by atoms with Gasteiger partial charge in [0, 0.05) is 10.2 Å². The number of hydrogen-bond donors (Lipinski definition) is 3. The number of carbonyl (C=O) groups is 1. The molecule has 0 saturated heterocycles. The summed E-state index contributed by atoms with van der Waals surface area (Å²) in [7, 11) is 0. The molecule has 20 heavy (non-hydrogen) atoms. The van der Waals surface area contributed by atoms with Gasteiger partial charge in [0.05, 0.1) is 5.56 Å². The lowest BCUT2D eigenvalue weighted by Gasteiger charge is -2.08. The number of carbonyl (C=O) groups excluding carboxylic acids is 1. The van der Waals surface area contributed by atoms with Crippen LogP contribution in [0, 0.1) is 12.7 Å². The SMILES string of the molecule is Cc1[nH]c(=O)[nH]c(=O)c1NC(=O)c1ccc(F)cc1Br. The summed E-state index contributed by atoms with van der Waals surface area (Å²) in [5, 5.41) is 2.38. The van der Waals surface area contributed by atoms with Crippen LogP contribution in [0.5, 0.6) is 0 Å². The molecule has 0 saturated carbocycles. The van der Waals surface area contributed by atoms with E-state index in [1.54, 1.807) is 0 Å². The smallest absolute Gasteiger partial charge is 0.316 e. The second kappa shape index (κ2) is 5.41. The van der Waals surface area contributed by atoms with Crippen LogP contribution < -0.4 is 16.6 Å². The lowest BCUT2D eigenvalue weighted by atomic mass is 10.2. The molecule has 0 unspecified atom stereocenters. The van der Waals surface area contributed by atoms with E-state index in [-0.39, 0.29) is 21.4 Å². The molecule has 0 aliphatic heterocycles. The Bertz CT molecular complexity index is 797. The van der Waals surface area contributed by atoms with Crippen LogP contribution in [0.25, 0.3) is 0 Å². The molecule has 0 bridgehead atoms. The molecule has 0 spiro atoms. The molecule has 8 heteroatoms. The molecule has 104 valence electrons. The van der Waals surface area contributed by atoms with E-state index in [4.69, 9.17) is 0 Å². The second-order valence-electron chi connectivity index (χ2n) is 3.99. The standard InChI is InChI=1S/C12H9BrFN3O3/c1-5-9(11(19)17-12(20)15-5)16-10(18)7-3-2-6(14)4-8(7)13/h2-4H,1H3,(H,16,18)(H2,15,17,19,20). The first-order valence-corrected chi connectivity index (χ1v) is 6.27. The fourth-order valence-corrected chi connectivity index (χ4v) is 2.14. The Kier molecular flexibility index (Phi) is 3.84. The maximum atomic E-state index is 13.0. The van der Waals surface area contributed by atoms with Gasteiger partial charge in [-0.25, -0.2) is 9.18 Å². The number of nitrogens with one attached hydrogen (secondary N) is 3. The highest BCUT2D eigenvalue weighted by Crippen LogP contribution is 2.19. The minimum atomic E-state index is -0.710. The van der Waals surface area contributed by atoms with Crippen molar-refractivity contribution in [2.45, 2.75) is 6.92 Å². The van der Waals surface area contributed by atoms with Crippen LogP contribution in [0.3, 0.4) is 0 Å². The second-order valence-corrected chi connectivity index (χ2v) is 4.84. The molecule has 1 amide bonds. The molecule has 0 aliphatic carbocycles. The number of aromatic nitrogens is 2. The maximum Gasteiger partial charge on any atom is 0.326 e. The van der Waals surface area contributed by atoms with Gasteiger partial charge in [-0.1, -0.05) is 0 Å². The fourth-order valence-electron chi connectivity index (χ4n) is 1.60. The van der Waals surface area contributed by atoms with Crippen molar-refractivity contribution in [1.82, 2.24) is 9.97 Å². The van der Waals surface area contributed by atoms with Crippen molar-refractivity contribution < 1.29 is 9.18 Å². The lowest BCUT2D eigenvalue weighted by Crippen LogP contribution is -2.28. The molecular weight excluding hydrogens is 333 g/mol. The summed E-state index contributed by atoms with van der Waals surface area (Å²) in [6, 6.07) is 3.55. The summed E-state index contributed by atoms with van der Waals surface area (Å²) >= 11 is 3.07. The first kappa shape index (κ1) is 14.2. The van der Waals surface area contributed by atoms with E-state index in [2.05, 4.69) is 26.2 Å². The van der Waals surface area contributed by atoms with Gasteiger partial charge in [0.2, 0.25) is 0 Å². The Balaban J connectivity index is 2.38. The maximum absolute atomic E-state index is 13.0. The lowest BCUT2D eigenvalue weighted by molar-refractivity contribution is 0.102. The molecule has 2 rings (SSSR count). The van der Waals surface area contributed by atoms with Crippen molar-refractivity contribution in [3.63, 3.8) is 0 Å². The summed E-state index contributed by atoms with van der Waals surface area (Å²) in [6.45, 7) is 1.48. The highest BCUT2D eigenvalue weighted by atomic mass is 79.9. The van der Waals surface area contributed by atoms with E-state index in [1.165, 1.54) is 13.0 Å². The largest absolute Gasteiger partial charge is 0.326 e. The van der Waals surface area contributed by atoms with Crippen LogP contribution in [0.1, 0.15) is 16.1 Å². The van der Waals surface area contributed by atoms with Gasteiger partial charge in [0.25, 0.3) is 11.5 Å². The van der Waals surface area contributed by atoms with Crippen molar-refractivity contribution in [1.29, 1.82) is 0 Å². The highest BCUT2D eigenvalue weighted by Gasteiger charge is 2.14. The number of aryl methyl sites for hydroxylation is 1. The molecule has 0 radical (unpaired) electrons. The van der Waals surface area contributed by atoms with E-state index in [1.807, 2.05) is 4.98 Å². The number of aromatic amines is 2. The monoisotopic (exact) mass is 341 g/mol. The number of hydrogen-bond acceptors (Lipinski definition) is 3. The molecule has 1 heterocycles. The zero-order chi connectivity index (χ0) is 14.9. The summed E-state index contributed by atoms with van der Waals surface area (Å²) < 4.78 is 13.2. The average molecular weight is 342 g/mol. The van der Waals surface area contributed by atoms with Crippen LogP contribution in [0.4, 0.5) is 10.1 Å². The zero-order valence-corrected chi connectivity index (χ0v) is 11.8. The van der Waals surface area contributed by atoms with Gasteiger partial charge < -0.3 is 10.3 Å². The number of halogens is 2. The van der Waals surface area contributed by atoms with E-state index < -0.39 is 23.0 Å². The van der Waals surface area contributed by atoms with Crippen molar-refractivity contribution >= 4 is 27.5 Å². The van der Waals surface area contributed by atoms with Crippen LogP contribution in [-0.2, 0) is 0 Å². The molecule has 0 aliphatic rings. The van der Waals surface area contributed by atoms with Crippen molar-refractivity contribution in [3.8, 4) is 0 Å². The third-order valence-corrected chi connectivity index (χ3v) is 3.20. The van der Waals surface area contributed by atoms with Crippen molar-refractivity contribution in [2.24, 2.45) is 0 Å². The van der Waals surface area contributed by atoms with E-state index in [0.717, 1.165) is 12.1 Å². The molecule has 3 N–H and O–H groups in total. The third-order valence-electron chi connectivity index (χ3n) is 2.54. The Labute approximate surface area is 120 Å². The molecule has 1 aromatic carbocycles. The minimum absolute atomic E-state index is 0.0641. The number of H-pyrrole nitrogens is 2. The Morgan fingerprint density at radius 3 is 2.60 bits per heavy atom. The molecular formula is C12H9BrFN3O3. The van der Waals surface area contributed by atoms with Gasteiger partial charge in [-0.05, 0) is 41.1 Å². The Hall–Kier alpha value is -2.22. The summed E-state index contributed by atoms with van der Waals surface area (Å²) in [5.74, 6) is -1.09. The summed E-state index contributed by atoms with van der Waals surface area (Å²) in [4.78, 5) is 39.0. The molecule has 1 aromatic heterocycles. The predicted octanol–water partition coefficient (Wildman–Crippen LogP) is 1.53. The fraction of sp³-hybridized carbons (Fsp3) is 0.0833. The van der Waals surface area contributed by atoms with E-state index in [0.29, 0.717) is 0 Å². The average Bonchev–Trinajstić information content (AvgIpc) is 2.33. The number of anilines is 1. The molecule has 6 nitrogen and oxygen atoms in total. The molecule has 2 aromatic rings. The predicted molar refractivity (Wildman–Crippen MR) is 74.5 cm³/mol. The Morgan fingerprint density at radius 2 is 2.00 bits per heavy atom. The molecule has 0 atom stereocenters. The van der Waals surface area contributed by atoms with Crippen LogP contribution in [0.15, 0.2) is 32.3 Å². The Morgan fingerprint density at radius 1 is 1.30 bits per heavy atom. The summed E-state index contributed by atoms with van der Waals surface area (Å²) in [5.41, 5.74) is -1.04. The van der Waals surface area contributed by atoms with Gasteiger partial charge in [-0.2, -0.15) is 0 Å². The van der Waals surface area contributed by atoms with Crippen LogP contribution in [0.2, 0.25) is 0 Å². The van der Waals surface area contributed by atoms with Gasteiger partial charge in [0.1, 0.15) is 11.5 Å². The number of benzene rings is 1. The van der Waals surface area contributed by atoms with Gasteiger partial charge in [-0.15, -0.1) is 0 Å². The molecule has 0 fully saturated rings. The van der Waals surface area contributed by atoms with Crippen LogP contribution >= 0.6 is 15.9 Å². The number of amides is 1. The van der Waals surface area contributed by atoms with Crippen molar-refractivity contribution in [3.05, 3.63) is 60.6 Å². The van der Waals surface area contributed by atoms with Crippen LogP contribution in [-0.4, -0.2) is 15.9 Å². The highest BCUT2D eigenvalue weighted by molar-refractivity contribution is 9.10. The topological polar surface area (TPSA) is 94.8 Å². The zero-order valence-electron chi connectivity index (χ0n) is 10.2. The quantitative estimate of drug-likeness (QED) is 0.772. The van der Waals surface area contributed by atoms with E-state index >= 15 is 0 Å². The van der Waals surface area contributed by atoms with Gasteiger partial charge >= 0.3 is 5.69 Å². The summed E-state index contributed by atoms with van der Waals surface area (Å²) in [6.07, 6.45) is 0. The van der Waals surface area contributed by atoms with Crippen molar-refractivity contribution in [2.75, 3.05) is 5.32 Å². The third kappa shape index (κ3) is 2.85. The first-order chi connectivity index (χ1) is 9.38. The number of rotatable bonds is 2. The normalized spacial score (nSPS) is 10.3.